The van der Waals surface area contributed by atoms with Crippen molar-refractivity contribution in [2.24, 2.45) is 0 Å². The predicted molar refractivity (Wildman–Crippen MR) is 71.8 cm³/mol. The zero-order chi connectivity index (χ0) is 15.0. The maximum Gasteiger partial charge on any atom is 0.305 e. The zero-order valence-corrected chi connectivity index (χ0v) is 12.3. The SMILES string of the molecule is O=[N+]([O-])c1ccc(F)c(-c2nc(Cl)c(Br)c(Cl)n2)c1F. The number of benzene rings is 1. The smallest absolute Gasteiger partial charge is 0.258 e. The lowest BCUT2D eigenvalue weighted by Crippen LogP contribution is -2.01. The highest BCUT2D eigenvalue weighted by atomic mass is 79.9. The summed E-state index contributed by atoms with van der Waals surface area (Å²) in [5.74, 6) is -2.95. The van der Waals surface area contributed by atoms with Crippen LogP contribution in [0.5, 0.6) is 0 Å². The molecule has 1 aromatic carbocycles. The highest BCUT2D eigenvalue weighted by Crippen LogP contribution is 2.34. The average molecular weight is 385 g/mol. The molecule has 104 valence electrons. The van der Waals surface area contributed by atoms with Gasteiger partial charge in [-0.25, -0.2) is 14.4 Å². The molecule has 2 rings (SSSR count). The van der Waals surface area contributed by atoms with E-state index >= 15 is 0 Å². The Labute approximate surface area is 128 Å². The van der Waals surface area contributed by atoms with Crippen LogP contribution in [0.4, 0.5) is 14.5 Å². The van der Waals surface area contributed by atoms with Gasteiger partial charge in [0, 0.05) is 6.07 Å². The molecule has 0 spiro atoms. The second-order valence-corrected chi connectivity index (χ2v) is 4.96. The van der Waals surface area contributed by atoms with Gasteiger partial charge in [0.05, 0.1) is 15.0 Å². The van der Waals surface area contributed by atoms with Gasteiger partial charge in [-0.3, -0.25) is 10.1 Å². The zero-order valence-electron chi connectivity index (χ0n) is 9.20. The second-order valence-electron chi connectivity index (χ2n) is 3.46. The van der Waals surface area contributed by atoms with E-state index in [1.54, 1.807) is 0 Å². The molecule has 0 aliphatic rings. The van der Waals surface area contributed by atoms with Crippen LogP contribution in [0.1, 0.15) is 0 Å². The van der Waals surface area contributed by atoms with E-state index in [-0.39, 0.29) is 14.8 Å². The number of nitro groups is 1. The van der Waals surface area contributed by atoms with Crippen LogP contribution in [0.25, 0.3) is 11.4 Å². The van der Waals surface area contributed by atoms with Crippen LogP contribution in [0.15, 0.2) is 16.6 Å². The number of hydrogen-bond donors (Lipinski definition) is 0. The van der Waals surface area contributed by atoms with Crippen molar-refractivity contribution in [3.63, 3.8) is 0 Å². The molecule has 0 fully saturated rings. The van der Waals surface area contributed by atoms with E-state index < -0.39 is 33.6 Å². The summed E-state index contributed by atoms with van der Waals surface area (Å²) >= 11 is 14.4. The maximum absolute atomic E-state index is 14.0. The van der Waals surface area contributed by atoms with Gasteiger partial charge in [-0.15, -0.1) is 0 Å². The summed E-state index contributed by atoms with van der Waals surface area (Å²) in [5, 5.41) is 10.3. The summed E-state index contributed by atoms with van der Waals surface area (Å²) in [4.78, 5) is 17.0. The molecular formula is C10H2BrCl2F2N3O2. The molecule has 0 aliphatic carbocycles. The molecule has 0 atom stereocenters. The summed E-state index contributed by atoms with van der Waals surface area (Å²) in [6, 6.07) is 1.44. The third-order valence-corrected chi connectivity index (χ3v) is 4.02. The Morgan fingerprint density at radius 3 is 2.25 bits per heavy atom. The number of rotatable bonds is 2. The fourth-order valence-electron chi connectivity index (χ4n) is 1.39. The van der Waals surface area contributed by atoms with Crippen molar-refractivity contribution in [3.05, 3.63) is 48.7 Å². The minimum Gasteiger partial charge on any atom is -0.258 e. The molecule has 2 aromatic rings. The summed E-state index contributed by atoms with van der Waals surface area (Å²) in [6.45, 7) is 0. The van der Waals surface area contributed by atoms with E-state index in [0.29, 0.717) is 6.07 Å². The van der Waals surface area contributed by atoms with E-state index in [1.165, 1.54) is 0 Å². The molecule has 0 amide bonds. The number of aromatic nitrogens is 2. The van der Waals surface area contributed by atoms with Gasteiger partial charge in [0.15, 0.2) is 5.82 Å². The summed E-state index contributed by atoms with van der Waals surface area (Å²) in [7, 11) is 0. The summed E-state index contributed by atoms with van der Waals surface area (Å²) < 4.78 is 27.8. The van der Waals surface area contributed by atoms with Gasteiger partial charge in [-0.05, 0) is 22.0 Å². The molecule has 0 saturated carbocycles. The van der Waals surface area contributed by atoms with Crippen molar-refractivity contribution in [1.29, 1.82) is 0 Å². The van der Waals surface area contributed by atoms with E-state index in [9.17, 15) is 18.9 Å². The summed E-state index contributed by atoms with van der Waals surface area (Å²) in [5.41, 5.74) is -1.67. The van der Waals surface area contributed by atoms with Crippen molar-refractivity contribution < 1.29 is 13.7 Å². The lowest BCUT2D eigenvalue weighted by Gasteiger charge is -2.06. The van der Waals surface area contributed by atoms with E-state index in [1.807, 2.05) is 0 Å². The summed E-state index contributed by atoms with van der Waals surface area (Å²) in [6.07, 6.45) is 0. The molecule has 0 N–H and O–H groups in total. The average Bonchev–Trinajstić information content (AvgIpc) is 2.35. The Bertz CT molecular complexity index is 707. The van der Waals surface area contributed by atoms with Gasteiger partial charge < -0.3 is 0 Å². The largest absolute Gasteiger partial charge is 0.305 e. The molecule has 20 heavy (non-hydrogen) atoms. The first kappa shape index (κ1) is 15.0. The molecule has 0 radical (unpaired) electrons. The number of halogens is 5. The quantitative estimate of drug-likeness (QED) is 0.437. The molecule has 1 heterocycles. The van der Waals surface area contributed by atoms with Crippen molar-refractivity contribution in [3.8, 4) is 11.4 Å². The fourth-order valence-corrected chi connectivity index (χ4v) is 1.96. The number of nitro benzene ring substituents is 1. The fraction of sp³-hybridized carbons (Fsp3) is 0. The Morgan fingerprint density at radius 2 is 1.75 bits per heavy atom. The molecule has 5 nitrogen and oxygen atoms in total. The molecule has 0 bridgehead atoms. The standard InChI is InChI=1S/C10H2BrCl2F2N3O2/c11-6-8(12)16-10(17-9(6)13)5-3(14)1-2-4(7(5)15)18(19)20/h1-2H. The molecular weight excluding hydrogens is 383 g/mol. The first-order valence-electron chi connectivity index (χ1n) is 4.84. The van der Waals surface area contributed by atoms with E-state index in [0.717, 1.165) is 6.07 Å². The predicted octanol–water partition coefficient (Wildman–Crippen LogP) is 4.40. The van der Waals surface area contributed by atoms with Crippen molar-refractivity contribution in [1.82, 2.24) is 9.97 Å². The van der Waals surface area contributed by atoms with Gasteiger partial charge in [-0.2, -0.15) is 4.39 Å². The van der Waals surface area contributed by atoms with Crippen LogP contribution in [0.3, 0.4) is 0 Å². The second kappa shape index (κ2) is 5.55. The number of nitrogens with zero attached hydrogens (tertiary/aromatic N) is 3. The van der Waals surface area contributed by atoms with Gasteiger partial charge in [0.25, 0.3) is 0 Å². The van der Waals surface area contributed by atoms with Crippen LogP contribution < -0.4 is 0 Å². The van der Waals surface area contributed by atoms with Crippen LogP contribution in [-0.4, -0.2) is 14.9 Å². The van der Waals surface area contributed by atoms with Crippen molar-refractivity contribution >= 4 is 44.8 Å². The molecule has 0 unspecified atom stereocenters. The lowest BCUT2D eigenvalue weighted by atomic mass is 10.1. The molecule has 10 heteroatoms. The van der Waals surface area contributed by atoms with Gasteiger partial charge in [-0.1, -0.05) is 23.2 Å². The Kier molecular flexibility index (Phi) is 4.17. The minimum atomic E-state index is -1.40. The molecule has 0 saturated heterocycles. The normalized spacial score (nSPS) is 10.7. The van der Waals surface area contributed by atoms with Crippen molar-refractivity contribution in [2.75, 3.05) is 0 Å². The monoisotopic (exact) mass is 383 g/mol. The van der Waals surface area contributed by atoms with Crippen molar-refractivity contribution in [2.45, 2.75) is 0 Å². The minimum absolute atomic E-state index is 0.149. The van der Waals surface area contributed by atoms with Gasteiger partial charge in [0.1, 0.15) is 16.1 Å². The van der Waals surface area contributed by atoms with Crippen LogP contribution in [0, 0.1) is 21.7 Å². The van der Waals surface area contributed by atoms with Crippen LogP contribution >= 0.6 is 39.1 Å². The lowest BCUT2D eigenvalue weighted by molar-refractivity contribution is -0.387. The first-order valence-corrected chi connectivity index (χ1v) is 6.39. The Morgan fingerprint density at radius 1 is 1.20 bits per heavy atom. The third kappa shape index (κ3) is 2.58. The van der Waals surface area contributed by atoms with Crippen LogP contribution in [-0.2, 0) is 0 Å². The van der Waals surface area contributed by atoms with E-state index in [2.05, 4.69) is 25.9 Å². The van der Waals surface area contributed by atoms with Gasteiger partial charge in [0.2, 0.25) is 5.82 Å². The van der Waals surface area contributed by atoms with Gasteiger partial charge >= 0.3 is 5.69 Å². The topological polar surface area (TPSA) is 68.9 Å². The highest BCUT2D eigenvalue weighted by molar-refractivity contribution is 9.10. The molecule has 1 aromatic heterocycles. The maximum atomic E-state index is 14.0. The first-order chi connectivity index (χ1) is 9.32. The Balaban J connectivity index is 2.76. The highest BCUT2D eigenvalue weighted by Gasteiger charge is 2.25. The third-order valence-electron chi connectivity index (χ3n) is 2.26. The molecule has 0 aliphatic heterocycles. The van der Waals surface area contributed by atoms with E-state index in [4.69, 9.17) is 23.2 Å². The Hall–Kier alpha value is -1.38. The van der Waals surface area contributed by atoms with Crippen LogP contribution in [0.2, 0.25) is 10.3 Å². The number of hydrogen-bond acceptors (Lipinski definition) is 4.